The molecule has 0 saturated carbocycles. The fraction of sp³-hybridized carbons (Fsp3) is 1.00. The van der Waals surface area contributed by atoms with Crippen molar-refractivity contribution < 1.29 is 36.0 Å². The van der Waals surface area contributed by atoms with Gasteiger partial charge in [0, 0.05) is 0 Å². The molecule has 0 nitrogen and oxygen atoms in total. The number of hydrogen-bond acceptors (Lipinski definition) is 0. The summed E-state index contributed by atoms with van der Waals surface area (Å²) in [7, 11) is 0. The van der Waals surface area contributed by atoms with Crippen LogP contribution in [0.15, 0.2) is 0 Å². The first-order valence-electron chi connectivity index (χ1n) is 1.15. The summed E-state index contributed by atoms with van der Waals surface area (Å²) in [6, 6.07) is 0. The number of hydrogen-bond donors (Lipinski definition) is 0. The first-order chi connectivity index (χ1) is 2.00. The second-order valence-electron chi connectivity index (χ2n) is 1.14. The van der Waals surface area contributed by atoms with Gasteiger partial charge in [0.1, 0.15) is 0 Å². The Morgan fingerprint density at radius 3 is 1.20 bits per heavy atom. The summed E-state index contributed by atoms with van der Waals surface area (Å²) >= 11 is 3.56. The monoisotopic (exact) mass is 430 g/mol. The third kappa shape index (κ3) is 26.7. The zero-order chi connectivity index (χ0) is 4.50. The molecule has 0 heterocycles. The molecule has 0 saturated heterocycles. The molecular formula is C2H6SW2. The van der Waals surface area contributed by atoms with Gasteiger partial charge in [-0.25, -0.2) is 0 Å². The molecule has 0 radical (unpaired) electrons. The van der Waals surface area contributed by atoms with Gasteiger partial charge in [0.2, 0.25) is 0 Å². The Morgan fingerprint density at radius 2 is 1.20 bits per heavy atom. The quantitative estimate of drug-likeness (QED) is 0.538. The van der Waals surface area contributed by atoms with Crippen LogP contribution >= 0.6 is 4.41 Å². The van der Waals surface area contributed by atoms with Gasteiger partial charge in [-0.2, -0.15) is 0 Å². The predicted octanol–water partition coefficient (Wildman–Crippen LogP) is 0.974. The summed E-state index contributed by atoms with van der Waals surface area (Å²) in [4.78, 5) is 0. The molecule has 0 aromatic heterocycles. The Hall–Kier alpha value is 1.73. The molecule has 0 aliphatic carbocycles. The molecule has 32 valence electrons. The molecule has 0 aromatic rings. The van der Waals surface area contributed by atoms with Gasteiger partial charge >= 0.3 is 52.9 Å². The summed E-state index contributed by atoms with van der Waals surface area (Å²) in [5.74, 6) is 0. The Morgan fingerprint density at radius 1 is 1.20 bits per heavy atom. The van der Waals surface area contributed by atoms with Crippen molar-refractivity contribution in [1.82, 2.24) is 0 Å². The van der Waals surface area contributed by atoms with Crippen LogP contribution in [0.4, 0.5) is 0 Å². The summed E-state index contributed by atoms with van der Waals surface area (Å²) in [6.45, 7) is 0. The van der Waals surface area contributed by atoms with E-state index in [2.05, 4.69) is 12.5 Å². The van der Waals surface area contributed by atoms with E-state index in [0.29, 0.717) is 0 Å². The molecule has 0 bridgehead atoms. The second-order valence-corrected chi connectivity index (χ2v) is 31.3. The third-order valence-corrected chi connectivity index (χ3v) is 0. The molecule has 0 rings (SSSR count). The molecule has 0 fully saturated rings. The minimum atomic E-state index is -0.000000000000000111. The molecular weight excluding hydrogens is 424 g/mol. The maximum absolute atomic E-state index is 2.34. The number of rotatable bonds is 0. The van der Waals surface area contributed by atoms with E-state index in [1.165, 1.54) is 0 Å². The molecule has 0 aliphatic rings. The van der Waals surface area contributed by atoms with Gasteiger partial charge in [0.15, 0.2) is 0 Å². The Kier molecular flexibility index (Phi) is 2.88. The third-order valence-electron chi connectivity index (χ3n) is 0. The zero-order valence-electron chi connectivity index (χ0n) is 3.22. The van der Waals surface area contributed by atoms with Crippen molar-refractivity contribution in [2.24, 2.45) is 0 Å². The van der Waals surface area contributed by atoms with E-state index in [4.69, 9.17) is 0 Å². The van der Waals surface area contributed by atoms with Crippen molar-refractivity contribution in [3.05, 3.63) is 0 Å². The molecule has 3 heteroatoms. The molecule has 0 amide bonds. The molecule has 0 N–H and O–H groups in total. The van der Waals surface area contributed by atoms with E-state index in [9.17, 15) is 0 Å². The average molecular weight is 430 g/mol. The van der Waals surface area contributed by atoms with Crippen LogP contribution < -0.4 is 0 Å². The van der Waals surface area contributed by atoms with Gasteiger partial charge in [-0.15, -0.1) is 0 Å². The van der Waals surface area contributed by atoms with Gasteiger partial charge in [-0.05, 0) is 0 Å². The second kappa shape index (κ2) is 2.14. The van der Waals surface area contributed by atoms with Gasteiger partial charge in [-0.1, -0.05) is 0 Å². The van der Waals surface area contributed by atoms with Crippen LogP contribution in [-0.2, 0) is 36.0 Å². The maximum atomic E-state index is 2.34. The van der Waals surface area contributed by atoms with Crippen molar-refractivity contribution in [2.45, 2.75) is 0 Å². The Balaban J connectivity index is 4.06. The predicted molar refractivity (Wildman–Crippen MR) is 19.4 cm³/mol. The van der Waals surface area contributed by atoms with Crippen molar-refractivity contribution in [1.29, 1.82) is 0 Å². The molecule has 0 unspecified atom stereocenters. The summed E-state index contributed by atoms with van der Waals surface area (Å²) in [5, 5.41) is 0. The molecule has 0 atom stereocenters. The molecule has 0 spiro atoms. The van der Waals surface area contributed by atoms with Crippen molar-refractivity contribution in [3.8, 4) is 0 Å². The minimum absolute atomic E-state index is 0.000000000000000111. The van der Waals surface area contributed by atoms with Crippen molar-refractivity contribution >= 4 is 4.41 Å². The molecule has 5 heavy (non-hydrogen) atoms. The van der Waals surface area contributed by atoms with E-state index >= 15 is 0 Å². The van der Waals surface area contributed by atoms with Crippen LogP contribution in [0.3, 0.4) is 0 Å². The SMILES string of the molecule is C[S](C)(=[W])=[W]. The summed E-state index contributed by atoms with van der Waals surface area (Å²) in [6.07, 6.45) is 4.69. The van der Waals surface area contributed by atoms with Gasteiger partial charge in [0.05, 0.1) is 0 Å². The molecule has 0 aromatic carbocycles. The van der Waals surface area contributed by atoms with Crippen LogP contribution in [0.1, 0.15) is 0 Å². The van der Waals surface area contributed by atoms with Gasteiger partial charge < -0.3 is 0 Å². The fourth-order valence-corrected chi connectivity index (χ4v) is 0. The van der Waals surface area contributed by atoms with Crippen molar-refractivity contribution in [3.63, 3.8) is 0 Å². The van der Waals surface area contributed by atoms with E-state index in [1.54, 1.807) is 36.0 Å². The Bertz CT molecular complexity index is 90.8. The van der Waals surface area contributed by atoms with Crippen LogP contribution in [0, 0.1) is 0 Å². The van der Waals surface area contributed by atoms with E-state index in [1.807, 2.05) is 0 Å². The average Bonchev–Trinajstić information content (AvgIpc) is 0.722. The topological polar surface area (TPSA) is 0 Å². The van der Waals surface area contributed by atoms with Crippen LogP contribution in [-0.4, -0.2) is 12.5 Å². The van der Waals surface area contributed by atoms with E-state index in [0.717, 1.165) is 0 Å². The van der Waals surface area contributed by atoms with Crippen LogP contribution in [0.25, 0.3) is 0 Å². The first-order valence-corrected chi connectivity index (χ1v) is 10.6. The molecule has 0 aliphatic heterocycles. The van der Waals surface area contributed by atoms with E-state index in [-0.39, 0.29) is 4.41 Å². The fourth-order valence-electron chi connectivity index (χ4n) is 0. The Labute approximate surface area is 52.5 Å². The van der Waals surface area contributed by atoms with Gasteiger partial charge in [-0.3, -0.25) is 0 Å². The van der Waals surface area contributed by atoms with Crippen molar-refractivity contribution in [2.75, 3.05) is 12.5 Å². The zero-order valence-corrected chi connectivity index (χ0v) is 9.91. The first kappa shape index (κ1) is 6.73. The summed E-state index contributed by atoms with van der Waals surface area (Å²) in [5.41, 5.74) is 0. The standard InChI is InChI=1S/C2H6S.2W/c1-3-2;;/h1-2H3;;. The van der Waals surface area contributed by atoms with Crippen LogP contribution in [0.5, 0.6) is 0 Å². The van der Waals surface area contributed by atoms with Gasteiger partial charge in [0.25, 0.3) is 0 Å². The van der Waals surface area contributed by atoms with E-state index < -0.39 is 0 Å². The summed E-state index contributed by atoms with van der Waals surface area (Å²) < 4.78 is -0.000000000000000111. The van der Waals surface area contributed by atoms with Crippen LogP contribution in [0.2, 0.25) is 0 Å². The normalized spacial score (nSPS) is 11.6.